The molecule has 0 spiro atoms. The smallest absolute Gasteiger partial charge is 0.251 e. The van der Waals surface area contributed by atoms with Crippen LogP contribution in [0.3, 0.4) is 0 Å². The van der Waals surface area contributed by atoms with Crippen LogP contribution in [0.25, 0.3) is 0 Å². The summed E-state index contributed by atoms with van der Waals surface area (Å²) >= 11 is 0. The Hall–Kier alpha value is -2.25. The molecular formula is C18H21FN2O3S. The average molecular weight is 364 g/mol. The Morgan fingerprint density at radius 1 is 1.04 bits per heavy atom. The van der Waals surface area contributed by atoms with Crippen molar-refractivity contribution >= 4 is 15.9 Å². The van der Waals surface area contributed by atoms with E-state index in [1.54, 1.807) is 38.1 Å². The standard InChI is InChI=1S/C18H21FN2O3S/c1-13(2)21-25(23,24)17-9-3-14(4-10-17)11-12-20-18(22)15-5-7-16(19)8-6-15/h3-10,13,21H,11-12H2,1-2H3,(H,20,22). The average Bonchev–Trinajstić information content (AvgIpc) is 2.54. The minimum absolute atomic E-state index is 0.175. The van der Waals surface area contributed by atoms with Gasteiger partial charge in [0, 0.05) is 18.2 Å². The molecule has 2 aromatic rings. The number of nitrogens with one attached hydrogen (secondary N) is 2. The number of carbonyl (C=O) groups is 1. The van der Waals surface area contributed by atoms with Gasteiger partial charge in [-0.2, -0.15) is 0 Å². The van der Waals surface area contributed by atoms with E-state index in [9.17, 15) is 17.6 Å². The van der Waals surface area contributed by atoms with E-state index in [1.807, 2.05) is 0 Å². The van der Waals surface area contributed by atoms with Crippen molar-refractivity contribution in [3.8, 4) is 0 Å². The van der Waals surface area contributed by atoms with Crippen LogP contribution in [-0.4, -0.2) is 26.9 Å². The lowest BCUT2D eigenvalue weighted by Crippen LogP contribution is -2.30. The fraction of sp³-hybridized carbons (Fsp3) is 0.278. The van der Waals surface area contributed by atoms with Gasteiger partial charge in [0.15, 0.2) is 0 Å². The minimum Gasteiger partial charge on any atom is -0.352 e. The molecule has 0 heterocycles. The second kappa shape index (κ2) is 8.22. The molecule has 0 unspecified atom stereocenters. The first kappa shape index (κ1) is 19.1. The van der Waals surface area contributed by atoms with E-state index in [2.05, 4.69) is 10.0 Å². The Morgan fingerprint density at radius 3 is 2.20 bits per heavy atom. The second-order valence-electron chi connectivity index (χ2n) is 5.93. The minimum atomic E-state index is -3.50. The highest BCUT2D eigenvalue weighted by molar-refractivity contribution is 7.89. The number of halogens is 1. The van der Waals surface area contributed by atoms with Gasteiger partial charge in [0.1, 0.15) is 5.82 Å². The van der Waals surface area contributed by atoms with Gasteiger partial charge < -0.3 is 5.32 Å². The molecule has 0 atom stereocenters. The third kappa shape index (κ3) is 5.65. The van der Waals surface area contributed by atoms with Crippen LogP contribution in [0.5, 0.6) is 0 Å². The van der Waals surface area contributed by atoms with E-state index in [-0.39, 0.29) is 16.8 Å². The summed E-state index contributed by atoms with van der Waals surface area (Å²) in [6.45, 7) is 3.91. The zero-order valence-electron chi connectivity index (χ0n) is 14.1. The number of amides is 1. The van der Waals surface area contributed by atoms with Crippen molar-refractivity contribution in [2.45, 2.75) is 31.2 Å². The molecule has 0 saturated carbocycles. The molecule has 7 heteroatoms. The zero-order chi connectivity index (χ0) is 18.4. The van der Waals surface area contributed by atoms with Gasteiger partial charge in [-0.25, -0.2) is 17.5 Å². The largest absolute Gasteiger partial charge is 0.352 e. The summed E-state index contributed by atoms with van der Waals surface area (Å²) in [5, 5.41) is 2.75. The van der Waals surface area contributed by atoms with Crippen LogP contribution in [0.15, 0.2) is 53.4 Å². The van der Waals surface area contributed by atoms with Crippen LogP contribution in [-0.2, 0) is 16.4 Å². The maximum absolute atomic E-state index is 12.8. The highest BCUT2D eigenvalue weighted by atomic mass is 32.2. The van der Waals surface area contributed by atoms with Gasteiger partial charge in [-0.3, -0.25) is 4.79 Å². The molecule has 0 aliphatic heterocycles. The quantitative estimate of drug-likeness (QED) is 0.793. The van der Waals surface area contributed by atoms with E-state index < -0.39 is 15.8 Å². The van der Waals surface area contributed by atoms with Crippen LogP contribution >= 0.6 is 0 Å². The third-order valence-corrected chi connectivity index (χ3v) is 5.10. The summed E-state index contributed by atoms with van der Waals surface area (Å²) in [6.07, 6.45) is 0.560. The van der Waals surface area contributed by atoms with Crippen LogP contribution < -0.4 is 10.0 Å². The van der Waals surface area contributed by atoms with Crippen molar-refractivity contribution in [3.63, 3.8) is 0 Å². The maximum atomic E-state index is 12.8. The molecule has 0 aromatic heterocycles. The lowest BCUT2D eigenvalue weighted by molar-refractivity contribution is 0.0954. The van der Waals surface area contributed by atoms with Crippen molar-refractivity contribution in [2.24, 2.45) is 0 Å². The molecule has 0 bridgehead atoms. The van der Waals surface area contributed by atoms with Crippen LogP contribution in [0.2, 0.25) is 0 Å². The van der Waals surface area contributed by atoms with Crippen molar-refractivity contribution in [3.05, 3.63) is 65.5 Å². The van der Waals surface area contributed by atoms with E-state index >= 15 is 0 Å². The maximum Gasteiger partial charge on any atom is 0.251 e. The number of sulfonamides is 1. The molecule has 2 rings (SSSR count). The van der Waals surface area contributed by atoms with Gasteiger partial charge in [-0.1, -0.05) is 12.1 Å². The molecule has 0 radical (unpaired) electrons. The normalized spacial score (nSPS) is 11.5. The fourth-order valence-corrected chi connectivity index (χ4v) is 3.49. The van der Waals surface area contributed by atoms with Gasteiger partial charge in [0.05, 0.1) is 4.90 Å². The summed E-state index contributed by atoms with van der Waals surface area (Å²) in [5.41, 5.74) is 1.30. The number of carbonyl (C=O) groups excluding carboxylic acids is 1. The number of hydrogen-bond acceptors (Lipinski definition) is 3. The lowest BCUT2D eigenvalue weighted by Gasteiger charge is -2.10. The van der Waals surface area contributed by atoms with Crippen molar-refractivity contribution in [1.82, 2.24) is 10.0 Å². The van der Waals surface area contributed by atoms with Gasteiger partial charge in [0.2, 0.25) is 10.0 Å². The van der Waals surface area contributed by atoms with Crippen LogP contribution in [0.1, 0.15) is 29.8 Å². The molecule has 25 heavy (non-hydrogen) atoms. The predicted octanol–water partition coefficient (Wildman–Crippen LogP) is 2.48. The Morgan fingerprint density at radius 2 is 1.64 bits per heavy atom. The van der Waals surface area contributed by atoms with Gasteiger partial charge in [-0.05, 0) is 62.2 Å². The lowest BCUT2D eigenvalue weighted by atomic mass is 10.1. The Bertz CT molecular complexity index is 816. The van der Waals surface area contributed by atoms with Crippen molar-refractivity contribution < 1.29 is 17.6 Å². The summed E-state index contributed by atoms with van der Waals surface area (Å²) < 4.78 is 39.4. The van der Waals surface area contributed by atoms with E-state index in [0.717, 1.165) is 5.56 Å². The van der Waals surface area contributed by atoms with Gasteiger partial charge >= 0.3 is 0 Å². The molecule has 2 N–H and O–H groups in total. The Labute approximate surface area is 147 Å². The van der Waals surface area contributed by atoms with E-state index in [0.29, 0.717) is 18.5 Å². The molecule has 134 valence electrons. The summed E-state index contributed by atoms with van der Waals surface area (Å²) in [4.78, 5) is 12.1. The van der Waals surface area contributed by atoms with E-state index in [4.69, 9.17) is 0 Å². The first-order valence-electron chi connectivity index (χ1n) is 7.93. The summed E-state index contributed by atoms with van der Waals surface area (Å²) in [6, 6.07) is 11.7. The SMILES string of the molecule is CC(C)NS(=O)(=O)c1ccc(CCNC(=O)c2ccc(F)cc2)cc1. The van der Waals surface area contributed by atoms with Gasteiger partial charge in [0.25, 0.3) is 5.91 Å². The first-order valence-corrected chi connectivity index (χ1v) is 9.41. The molecule has 0 saturated heterocycles. The molecule has 5 nitrogen and oxygen atoms in total. The summed E-state index contributed by atoms with van der Waals surface area (Å²) in [7, 11) is -3.50. The van der Waals surface area contributed by atoms with E-state index in [1.165, 1.54) is 24.3 Å². The molecule has 0 aliphatic carbocycles. The number of hydrogen-bond donors (Lipinski definition) is 2. The topological polar surface area (TPSA) is 75.3 Å². The summed E-state index contributed by atoms with van der Waals surface area (Å²) in [5.74, 6) is -0.668. The molecular weight excluding hydrogens is 343 g/mol. The Kier molecular flexibility index (Phi) is 6.27. The third-order valence-electron chi connectivity index (χ3n) is 3.43. The Balaban J connectivity index is 1.89. The predicted molar refractivity (Wildman–Crippen MR) is 94.3 cm³/mol. The highest BCUT2D eigenvalue weighted by Gasteiger charge is 2.14. The second-order valence-corrected chi connectivity index (χ2v) is 7.65. The van der Waals surface area contributed by atoms with Crippen molar-refractivity contribution in [2.75, 3.05) is 6.54 Å². The van der Waals surface area contributed by atoms with Crippen LogP contribution in [0.4, 0.5) is 4.39 Å². The fourth-order valence-electron chi connectivity index (χ4n) is 2.24. The van der Waals surface area contributed by atoms with Crippen LogP contribution in [0, 0.1) is 5.82 Å². The van der Waals surface area contributed by atoms with Crippen molar-refractivity contribution in [1.29, 1.82) is 0 Å². The molecule has 0 fully saturated rings. The monoisotopic (exact) mass is 364 g/mol. The molecule has 0 aliphatic rings. The first-order chi connectivity index (χ1) is 11.8. The number of rotatable bonds is 7. The molecule has 2 aromatic carbocycles. The highest BCUT2D eigenvalue weighted by Crippen LogP contribution is 2.11. The zero-order valence-corrected chi connectivity index (χ0v) is 14.9. The van der Waals surface area contributed by atoms with Gasteiger partial charge in [-0.15, -0.1) is 0 Å². The number of benzene rings is 2. The molecule has 1 amide bonds.